The molecular formula is C20H17FN4O. The van der Waals surface area contributed by atoms with E-state index < -0.39 is 0 Å². The van der Waals surface area contributed by atoms with E-state index in [1.54, 1.807) is 12.4 Å². The van der Waals surface area contributed by atoms with Gasteiger partial charge < -0.3 is 15.5 Å². The number of aromatic nitrogens is 3. The van der Waals surface area contributed by atoms with Gasteiger partial charge in [-0.3, -0.25) is 9.97 Å². The van der Waals surface area contributed by atoms with E-state index in [4.69, 9.17) is 10.5 Å². The summed E-state index contributed by atoms with van der Waals surface area (Å²) in [6.07, 6.45) is 4.57. The van der Waals surface area contributed by atoms with Gasteiger partial charge in [-0.15, -0.1) is 0 Å². The summed E-state index contributed by atoms with van der Waals surface area (Å²) in [5.41, 5.74) is 10.4. The molecule has 1 aromatic carbocycles. The Morgan fingerprint density at radius 3 is 2.77 bits per heavy atom. The van der Waals surface area contributed by atoms with Crippen molar-refractivity contribution in [2.75, 3.05) is 13.2 Å². The third kappa shape index (κ3) is 2.91. The summed E-state index contributed by atoms with van der Waals surface area (Å²) in [6, 6.07) is 13.2. The minimum absolute atomic E-state index is 0.381. The number of nitrogens with one attached hydrogen (secondary N) is 1. The molecule has 0 saturated heterocycles. The van der Waals surface area contributed by atoms with Crippen molar-refractivity contribution in [2.45, 2.75) is 0 Å². The molecule has 0 atom stereocenters. The number of nitrogens with two attached hydrogens (primary N) is 1. The van der Waals surface area contributed by atoms with E-state index in [0.29, 0.717) is 29.9 Å². The smallest absolute Gasteiger partial charge is 0.146 e. The van der Waals surface area contributed by atoms with E-state index in [1.165, 1.54) is 12.3 Å². The SMILES string of the molecule is NCCOc1cnccc1-c1[nH]c2cc(F)cnc2c1-c1ccccc1. The van der Waals surface area contributed by atoms with Crippen molar-refractivity contribution in [3.05, 3.63) is 66.9 Å². The van der Waals surface area contributed by atoms with Gasteiger partial charge in [0.25, 0.3) is 0 Å². The summed E-state index contributed by atoms with van der Waals surface area (Å²) in [7, 11) is 0. The topological polar surface area (TPSA) is 76.8 Å². The van der Waals surface area contributed by atoms with Crippen molar-refractivity contribution in [1.82, 2.24) is 15.0 Å². The second kappa shape index (κ2) is 6.93. The lowest BCUT2D eigenvalue weighted by Gasteiger charge is -2.11. The summed E-state index contributed by atoms with van der Waals surface area (Å²) >= 11 is 0. The average Bonchev–Trinajstić information content (AvgIpc) is 3.05. The van der Waals surface area contributed by atoms with Crippen LogP contribution in [0.1, 0.15) is 0 Å². The van der Waals surface area contributed by atoms with Crippen LogP contribution in [0.2, 0.25) is 0 Å². The minimum Gasteiger partial charge on any atom is -0.490 e. The Balaban J connectivity index is 1.99. The van der Waals surface area contributed by atoms with E-state index in [9.17, 15) is 4.39 Å². The first-order valence-corrected chi connectivity index (χ1v) is 8.28. The number of H-pyrrole nitrogens is 1. The van der Waals surface area contributed by atoms with Crippen LogP contribution >= 0.6 is 0 Å². The van der Waals surface area contributed by atoms with Crippen molar-refractivity contribution in [2.24, 2.45) is 5.73 Å². The normalized spacial score (nSPS) is 11.0. The maximum Gasteiger partial charge on any atom is 0.146 e. The highest BCUT2D eigenvalue weighted by Crippen LogP contribution is 2.40. The molecule has 4 rings (SSSR count). The average molecular weight is 348 g/mol. The fourth-order valence-corrected chi connectivity index (χ4v) is 3.01. The summed E-state index contributed by atoms with van der Waals surface area (Å²) < 4.78 is 19.4. The van der Waals surface area contributed by atoms with Crippen LogP contribution in [-0.2, 0) is 0 Å². The predicted octanol–water partition coefficient (Wildman–Crippen LogP) is 3.77. The minimum atomic E-state index is -0.390. The zero-order chi connectivity index (χ0) is 17.9. The van der Waals surface area contributed by atoms with Gasteiger partial charge in [0.2, 0.25) is 0 Å². The van der Waals surface area contributed by atoms with Crippen LogP contribution < -0.4 is 10.5 Å². The molecule has 0 aliphatic heterocycles. The van der Waals surface area contributed by atoms with E-state index in [0.717, 1.165) is 22.4 Å². The Morgan fingerprint density at radius 1 is 1.12 bits per heavy atom. The zero-order valence-electron chi connectivity index (χ0n) is 13.9. The van der Waals surface area contributed by atoms with E-state index in [2.05, 4.69) is 15.0 Å². The number of hydrogen-bond acceptors (Lipinski definition) is 4. The molecule has 5 nitrogen and oxygen atoms in total. The number of aromatic amines is 1. The highest BCUT2D eigenvalue weighted by molar-refractivity contribution is 6.02. The molecule has 0 spiro atoms. The number of pyridine rings is 2. The van der Waals surface area contributed by atoms with Crippen molar-refractivity contribution in [3.8, 4) is 28.1 Å². The number of halogens is 1. The largest absolute Gasteiger partial charge is 0.490 e. The lowest BCUT2D eigenvalue weighted by molar-refractivity contribution is 0.328. The monoisotopic (exact) mass is 348 g/mol. The Bertz CT molecular complexity index is 1050. The maximum atomic E-state index is 13.7. The molecule has 3 aromatic heterocycles. The zero-order valence-corrected chi connectivity index (χ0v) is 13.9. The summed E-state index contributed by atoms with van der Waals surface area (Å²) in [4.78, 5) is 11.7. The predicted molar refractivity (Wildman–Crippen MR) is 99.3 cm³/mol. The van der Waals surface area contributed by atoms with Crippen LogP contribution in [0.5, 0.6) is 5.75 Å². The van der Waals surface area contributed by atoms with Crippen molar-refractivity contribution in [3.63, 3.8) is 0 Å². The molecule has 130 valence electrons. The Kier molecular flexibility index (Phi) is 4.33. The van der Waals surface area contributed by atoms with Crippen LogP contribution in [0.4, 0.5) is 4.39 Å². The third-order valence-electron chi connectivity index (χ3n) is 4.09. The van der Waals surface area contributed by atoms with Crippen LogP contribution in [0.3, 0.4) is 0 Å². The summed E-state index contributed by atoms with van der Waals surface area (Å²) in [5.74, 6) is 0.224. The molecule has 3 N–H and O–H groups in total. The van der Waals surface area contributed by atoms with Gasteiger partial charge in [0, 0.05) is 29.9 Å². The number of rotatable bonds is 5. The Hall–Kier alpha value is -3.25. The highest BCUT2D eigenvalue weighted by Gasteiger charge is 2.19. The second-order valence-electron chi connectivity index (χ2n) is 5.80. The molecule has 26 heavy (non-hydrogen) atoms. The molecule has 4 aromatic rings. The van der Waals surface area contributed by atoms with Crippen LogP contribution in [0.25, 0.3) is 33.4 Å². The molecule has 0 bridgehead atoms. The first-order valence-electron chi connectivity index (χ1n) is 8.28. The summed E-state index contributed by atoms with van der Waals surface area (Å²) in [5, 5.41) is 0. The maximum absolute atomic E-state index is 13.7. The Morgan fingerprint density at radius 2 is 1.96 bits per heavy atom. The van der Waals surface area contributed by atoms with Crippen molar-refractivity contribution < 1.29 is 9.13 Å². The first-order chi connectivity index (χ1) is 12.8. The molecule has 0 fully saturated rings. The fourth-order valence-electron chi connectivity index (χ4n) is 3.01. The molecule has 6 heteroatoms. The molecule has 0 unspecified atom stereocenters. The first kappa shape index (κ1) is 16.2. The highest BCUT2D eigenvalue weighted by atomic mass is 19.1. The van der Waals surface area contributed by atoms with Crippen LogP contribution in [0, 0.1) is 5.82 Å². The summed E-state index contributed by atoms with van der Waals surface area (Å²) in [6.45, 7) is 0.784. The number of ether oxygens (including phenoxy) is 1. The van der Waals surface area contributed by atoms with Gasteiger partial charge in [-0.1, -0.05) is 30.3 Å². The molecule has 0 saturated carbocycles. The fraction of sp³-hybridized carbons (Fsp3) is 0.100. The van der Waals surface area contributed by atoms with Crippen LogP contribution in [0.15, 0.2) is 61.1 Å². The number of hydrogen-bond donors (Lipinski definition) is 2. The van der Waals surface area contributed by atoms with Gasteiger partial charge in [0.1, 0.15) is 18.2 Å². The molecule has 0 radical (unpaired) electrons. The number of benzene rings is 1. The van der Waals surface area contributed by atoms with Crippen molar-refractivity contribution >= 4 is 11.0 Å². The standard InChI is InChI=1S/C20H17FN4O/c21-14-10-16-20(24-11-14)18(13-4-2-1-3-5-13)19(25-16)15-6-8-23-12-17(15)26-9-7-22/h1-6,8,10-12,25H,7,9,22H2. The Labute approximate surface area is 149 Å². The van der Waals surface area contributed by atoms with Crippen LogP contribution in [-0.4, -0.2) is 28.1 Å². The molecule has 0 aliphatic carbocycles. The van der Waals surface area contributed by atoms with Gasteiger partial charge in [-0.05, 0) is 11.6 Å². The van der Waals surface area contributed by atoms with E-state index in [-0.39, 0.29) is 5.82 Å². The van der Waals surface area contributed by atoms with Gasteiger partial charge >= 0.3 is 0 Å². The van der Waals surface area contributed by atoms with E-state index >= 15 is 0 Å². The van der Waals surface area contributed by atoms with E-state index in [1.807, 2.05) is 36.4 Å². The lowest BCUT2D eigenvalue weighted by atomic mass is 10.0. The molecular weight excluding hydrogens is 331 g/mol. The van der Waals surface area contributed by atoms with Gasteiger partial charge in [0.05, 0.1) is 29.1 Å². The molecule has 3 heterocycles. The van der Waals surface area contributed by atoms with Gasteiger partial charge in [-0.2, -0.15) is 0 Å². The lowest BCUT2D eigenvalue weighted by Crippen LogP contribution is -2.11. The van der Waals surface area contributed by atoms with Gasteiger partial charge in [-0.25, -0.2) is 4.39 Å². The van der Waals surface area contributed by atoms with Crippen molar-refractivity contribution in [1.29, 1.82) is 0 Å². The number of fused-ring (bicyclic) bond motifs is 1. The quantitative estimate of drug-likeness (QED) is 0.576. The number of nitrogens with zero attached hydrogens (tertiary/aromatic N) is 2. The van der Waals surface area contributed by atoms with Gasteiger partial charge in [0.15, 0.2) is 0 Å². The third-order valence-corrected chi connectivity index (χ3v) is 4.09. The molecule has 0 amide bonds. The second-order valence-corrected chi connectivity index (χ2v) is 5.80. The molecule has 0 aliphatic rings.